The molecule has 0 spiro atoms. The van der Waals surface area contributed by atoms with Crippen LogP contribution in [0.25, 0.3) is 0 Å². The molecule has 0 aromatic rings. The quantitative estimate of drug-likeness (QED) is 0.676. The molecule has 1 aliphatic rings. The van der Waals surface area contributed by atoms with Crippen molar-refractivity contribution in [3.8, 4) is 0 Å². The Bertz CT molecular complexity index is 141. The number of hydrogen-bond donors (Lipinski definition) is 1. The van der Waals surface area contributed by atoms with E-state index < -0.39 is 0 Å². The fraction of sp³-hybridized carbons (Fsp3) is 1.00. The molecule has 0 radical (unpaired) electrons. The average Bonchev–Trinajstić information content (AvgIpc) is 2.82. The molecular formula is C11H24N2. The van der Waals surface area contributed by atoms with Gasteiger partial charge in [-0.05, 0) is 32.7 Å². The normalized spacial score (nSPS) is 19.8. The standard InChI is InChI=1S/C11H24N2/c1-9(2)8-13(11-5-6-11)10(3)7-12-4/h9-12H,5-8H2,1-4H3. The van der Waals surface area contributed by atoms with Gasteiger partial charge in [0.15, 0.2) is 0 Å². The second kappa shape index (κ2) is 4.97. The summed E-state index contributed by atoms with van der Waals surface area (Å²) in [5.41, 5.74) is 0. The largest absolute Gasteiger partial charge is 0.318 e. The summed E-state index contributed by atoms with van der Waals surface area (Å²) in [6, 6.07) is 1.59. The lowest BCUT2D eigenvalue weighted by Gasteiger charge is -2.30. The van der Waals surface area contributed by atoms with Gasteiger partial charge in [-0.25, -0.2) is 0 Å². The fourth-order valence-corrected chi connectivity index (χ4v) is 1.93. The first-order chi connectivity index (χ1) is 6.15. The van der Waals surface area contributed by atoms with Gasteiger partial charge in [0.25, 0.3) is 0 Å². The maximum atomic E-state index is 3.26. The summed E-state index contributed by atoms with van der Waals surface area (Å²) in [5, 5.41) is 3.26. The van der Waals surface area contributed by atoms with Crippen LogP contribution in [0.2, 0.25) is 0 Å². The Balaban J connectivity index is 2.36. The Kier molecular flexibility index (Phi) is 4.20. The fourth-order valence-electron chi connectivity index (χ4n) is 1.93. The third kappa shape index (κ3) is 3.65. The molecule has 1 saturated carbocycles. The van der Waals surface area contributed by atoms with E-state index in [1.807, 2.05) is 7.05 Å². The zero-order valence-electron chi connectivity index (χ0n) is 9.51. The number of rotatable bonds is 6. The predicted molar refractivity (Wildman–Crippen MR) is 58.0 cm³/mol. The molecule has 1 aliphatic carbocycles. The number of likely N-dealkylation sites (N-methyl/N-ethyl adjacent to an activating group) is 1. The highest BCUT2D eigenvalue weighted by Gasteiger charge is 2.31. The van der Waals surface area contributed by atoms with Crippen molar-refractivity contribution in [2.24, 2.45) is 5.92 Å². The molecule has 78 valence electrons. The first kappa shape index (κ1) is 11.0. The summed E-state index contributed by atoms with van der Waals surface area (Å²) in [5.74, 6) is 0.792. The lowest BCUT2D eigenvalue weighted by atomic mass is 10.1. The zero-order valence-corrected chi connectivity index (χ0v) is 9.51. The molecular weight excluding hydrogens is 160 g/mol. The van der Waals surface area contributed by atoms with Crippen LogP contribution in [0.3, 0.4) is 0 Å². The van der Waals surface area contributed by atoms with Crippen LogP contribution in [0.15, 0.2) is 0 Å². The predicted octanol–water partition coefficient (Wildman–Crippen LogP) is 1.71. The van der Waals surface area contributed by atoms with E-state index in [4.69, 9.17) is 0 Å². The van der Waals surface area contributed by atoms with Gasteiger partial charge < -0.3 is 5.32 Å². The summed E-state index contributed by atoms with van der Waals surface area (Å²) >= 11 is 0. The van der Waals surface area contributed by atoms with Crippen molar-refractivity contribution < 1.29 is 0 Å². The molecule has 0 aromatic carbocycles. The molecule has 1 rings (SSSR count). The smallest absolute Gasteiger partial charge is 0.0195 e. The van der Waals surface area contributed by atoms with Crippen molar-refractivity contribution in [1.29, 1.82) is 0 Å². The Hall–Kier alpha value is -0.0800. The summed E-state index contributed by atoms with van der Waals surface area (Å²) < 4.78 is 0. The summed E-state index contributed by atoms with van der Waals surface area (Å²) in [6.07, 6.45) is 2.83. The molecule has 0 heterocycles. The van der Waals surface area contributed by atoms with Crippen LogP contribution in [0.5, 0.6) is 0 Å². The van der Waals surface area contributed by atoms with Crippen molar-refractivity contribution in [3.63, 3.8) is 0 Å². The third-order valence-electron chi connectivity index (χ3n) is 2.66. The molecule has 0 aliphatic heterocycles. The molecule has 1 fully saturated rings. The van der Waals surface area contributed by atoms with Crippen LogP contribution in [-0.4, -0.2) is 37.1 Å². The molecule has 1 unspecified atom stereocenters. The SMILES string of the molecule is CNCC(C)N(CC(C)C)C1CC1. The van der Waals surface area contributed by atoms with Gasteiger partial charge in [0.05, 0.1) is 0 Å². The first-order valence-corrected chi connectivity index (χ1v) is 5.55. The Labute approximate surface area is 82.7 Å². The van der Waals surface area contributed by atoms with E-state index in [0.717, 1.165) is 18.5 Å². The van der Waals surface area contributed by atoms with Crippen LogP contribution in [0, 0.1) is 5.92 Å². The molecule has 2 nitrogen and oxygen atoms in total. The van der Waals surface area contributed by atoms with Crippen molar-refractivity contribution in [1.82, 2.24) is 10.2 Å². The molecule has 0 amide bonds. The van der Waals surface area contributed by atoms with Gasteiger partial charge in [0.1, 0.15) is 0 Å². The second-order valence-electron chi connectivity index (χ2n) is 4.73. The number of hydrogen-bond acceptors (Lipinski definition) is 2. The lowest BCUT2D eigenvalue weighted by Crippen LogP contribution is -2.42. The highest BCUT2D eigenvalue weighted by atomic mass is 15.2. The molecule has 0 saturated heterocycles. The van der Waals surface area contributed by atoms with Gasteiger partial charge in [-0.2, -0.15) is 0 Å². The summed E-state index contributed by atoms with van der Waals surface area (Å²) in [6.45, 7) is 9.32. The van der Waals surface area contributed by atoms with E-state index in [0.29, 0.717) is 6.04 Å². The minimum Gasteiger partial charge on any atom is -0.318 e. The molecule has 0 bridgehead atoms. The van der Waals surface area contributed by atoms with E-state index in [1.165, 1.54) is 19.4 Å². The molecule has 2 heteroatoms. The van der Waals surface area contributed by atoms with Crippen LogP contribution in [0.1, 0.15) is 33.6 Å². The van der Waals surface area contributed by atoms with Gasteiger partial charge in [0, 0.05) is 25.2 Å². The Morgan fingerprint density at radius 2 is 1.92 bits per heavy atom. The number of nitrogens with zero attached hydrogens (tertiary/aromatic N) is 1. The minimum absolute atomic E-state index is 0.694. The van der Waals surface area contributed by atoms with Crippen LogP contribution >= 0.6 is 0 Å². The zero-order chi connectivity index (χ0) is 9.84. The monoisotopic (exact) mass is 184 g/mol. The Morgan fingerprint density at radius 3 is 2.31 bits per heavy atom. The van der Waals surface area contributed by atoms with Crippen molar-refractivity contribution in [3.05, 3.63) is 0 Å². The van der Waals surface area contributed by atoms with E-state index in [-0.39, 0.29) is 0 Å². The van der Waals surface area contributed by atoms with Crippen molar-refractivity contribution in [2.45, 2.75) is 45.7 Å². The molecule has 0 aromatic heterocycles. The van der Waals surface area contributed by atoms with Gasteiger partial charge in [-0.3, -0.25) is 4.90 Å². The lowest BCUT2D eigenvalue weighted by molar-refractivity contribution is 0.175. The van der Waals surface area contributed by atoms with Gasteiger partial charge in [-0.15, -0.1) is 0 Å². The molecule has 13 heavy (non-hydrogen) atoms. The van der Waals surface area contributed by atoms with Crippen LogP contribution in [-0.2, 0) is 0 Å². The van der Waals surface area contributed by atoms with Crippen LogP contribution in [0.4, 0.5) is 0 Å². The van der Waals surface area contributed by atoms with E-state index >= 15 is 0 Å². The van der Waals surface area contributed by atoms with Crippen molar-refractivity contribution >= 4 is 0 Å². The minimum atomic E-state index is 0.694. The highest BCUT2D eigenvalue weighted by molar-refractivity contribution is 4.88. The van der Waals surface area contributed by atoms with Crippen molar-refractivity contribution in [2.75, 3.05) is 20.1 Å². The molecule has 1 N–H and O–H groups in total. The van der Waals surface area contributed by atoms with E-state index in [9.17, 15) is 0 Å². The first-order valence-electron chi connectivity index (χ1n) is 5.55. The molecule has 1 atom stereocenters. The third-order valence-corrected chi connectivity index (χ3v) is 2.66. The topological polar surface area (TPSA) is 15.3 Å². The van der Waals surface area contributed by atoms with Gasteiger partial charge in [-0.1, -0.05) is 13.8 Å². The van der Waals surface area contributed by atoms with E-state index in [2.05, 4.69) is 31.0 Å². The average molecular weight is 184 g/mol. The Morgan fingerprint density at radius 1 is 1.31 bits per heavy atom. The maximum Gasteiger partial charge on any atom is 0.0195 e. The van der Waals surface area contributed by atoms with E-state index in [1.54, 1.807) is 0 Å². The summed E-state index contributed by atoms with van der Waals surface area (Å²) in [7, 11) is 2.04. The van der Waals surface area contributed by atoms with Gasteiger partial charge >= 0.3 is 0 Å². The maximum absolute atomic E-state index is 3.26. The highest BCUT2D eigenvalue weighted by Crippen LogP contribution is 2.29. The summed E-state index contributed by atoms with van der Waals surface area (Å²) in [4.78, 5) is 2.67. The van der Waals surface area contributed by atoms with Crippen LogP contribution < -0.4 is 5.32 Å². The number of nitrogens with one attached hydrogen (secondary N) is 1. The van der Waals surface area contributed by atoms with Gasteiger partial charge in [0.2, 0.25) is 0 Å². The second-order valence-corrected chi connectivity index (χ2v) is 4.73.